The first-order chi connectivity index (χ1) is 14.1. The minimum Gasteiger partial charge on any atom is -0.497 e. The molecule has 6 nitrogen and oxygen atoms in total. The van der Waals surface area contributed by atoms with Crippen molar-refractivity contribution in [2.45, 2.75) is 19.5 Å². The Balaban J connectivity index is 1.46. The summed E-state index contributed by atoms with van der Waals surface area (Å²) in [6, 6.07) is 12.0. The zero-order chi connectivity index (χ0) is 20.2. The van der Waals surface area contributed by atoms with E-state index in [4.69, 9.17) is 9.47 Å². The first-order valence-corrected chi connectivity index (χ1v) is 9.45. The summed E-state index contributed by atoms with van der Waals surface area (Å²) < 4.78 is 23.9. The van der Waals surface area contributed by atoms with Gasteiger partial charge in [-0.25, -0.2) is 14.4 Å². The number of ether oxygens (including phenoxy) is 2. The van der Waals surface area contributed by atoms with Crippen LogP contribution >= 0.6 is 0 Å². The number of halogens is 1. The molecule has 1 aromatic heterocycles. The molecular weight excluding hydrogens is 371 g/mol. The fourth-order valence-corrected chi connectivity index (χ4v) is 3.48. The van der Waals surface area contributed by atoms with Gasteiger partial charge in [0, 0.05) is 49.1 Å². The summed E-state index contributed by atoms with van der Waals surface area (Å²) in [7, 11) is 3.35. The van der Waals surface area contributed by atoms with Crippen molar-refractivity contribution in [3.63, 3.8) is 0 Å². The third kappa shape index (κ3) is 4.46. The molecule has 0 radical (unpaired) electrons. The lowest BCUT2D eigenvalue weighted by atomic mass is 10.1. The summed E-state index contributed by atoms with van der Waals surface area (Å²) in [5, 5.41) is 3.13. The minimum atomic E-state index is -0.269. The van der Waals surface area contributed by atoms with Gasteiger partial charge in [-0.05, 0) is 42.5 Å². The van der Waals surface area contributed by atoms with E-state index < -0.39 is 0 Å². The second kappa shape index (κ2) is 8.45. The fourth-order valence-electron chi connectivity index (χ4n) is 3.48. The van der Waals surface area contributed by atoms with Crippen molar-refractivity contribution in [1.29, 1.82) is 0 Å². The van der Waals surface area contributed by atoms with Crippen LogP contribution in [0.2, 0.25) is 0 Å². The van der Waals surface area contributed by atoms with E-state index in [0.29, 0.717) is 5.95 Å². The van der Waals surface area contributed by atoms with Crippen molar-refractivity contribution < 1.29 is 13.9 Å². The van der Waals surface area contributed by atoms with E-state index in [-0.39, 0.29) is 5.82 Å². The first-order valence-electron chi connectivity index (χ1n) is 9.45. The molecule has 0 amide bonds. The third-order valence-corrected chi connectivity index (χ3v) is 4.99. The monoisotopic (exact) mass is 394 g/mol. The van der Waals surface area contributed by atoms with Gasteiger partial charge in [-0.1, -0.05) is 0 Å². The lowest BCUT2D eigenvalue weighted by Crippen LogP contribution is -2.31. The average molecular weight is 394 g/mol. The van der Waals surface area contributed by atoms with Crippen LogP contribution in [-0.2, 0) is 19.5 Å². The molecule has 0 spiro atoms. The maximum absolute atomic E-state index is 13.1. The number of hydrogen-bond donors (Lipinski definition) is 1. The number of benzene rings is 2. The number of nitrogens with one attached hydrogen (secondary N) is 1. The van der Waals surface area contributed by atoms with E-state index in [2.05, 4.69) is 20.2 Å². The molecule has 150 valence electrons. The summed E-state index contributed by atoms with van der Waals surface area (Å²) in [5.41, 5.74) is 4.00. The molecule has 0 atom stereocenters. The highest BCUT2D eigenvalue weighted by molar-refractivity contribution is 5.53. The smallest absolute Gasteiger partial charge is 0.227 e. The Labute approximate surface area is 169 Å². The Hall–Kier alpha value is -3.19. The molecule has 7 heteroatoms. The Bertz CT molecular complexity index is 995. The molecule has 0 fully saturated rings. The molecule has 2 heterocycles. The van der Waals surface area contributed by atoms with E-state index in [1.807, 2.05) is 24.4 Å². The minimum absolute atomic E-state index is 0.269. The van der Waals surface area contributed by atoms with Gasteiger partial charge < -0.3 is 14.8 Å². The Morgan fingerprint density at radius 3 is 2.69 bits per heavy atom. The molecule has 2 aromatic carbocycles. The van der Waals surface area contributed by atoms with Crippen LogP contribution in [0.25, 0.3) is 0 Å². The molecule has 0 aliphatic carbocycles. The van der Waals surface area contributed by atoms with Gasteiger partial charge in [0.15, 0.2) is 0 Å². The summed E-state index contributed by atoms with van der Waals surface area (Å²) in [6.45, 7) is 2.42. The number of hydrogen-bond acceptors (Lipinski definition) is 6. The predicted molar refractivity (Wildman–Crippen MR) is 109 cm³/mol. The van der Waals surface area contributed by atoms with Crippen molar-refractivity contribution >= 4 is 11.6 Å². The van der Waals surface area contributed by atoms with E-state index in [1.165, 1.54) is 12.1 Å². The molecule has 0 saturated heterocycles. The predicted octanol–water partition coefficient (Wildman–Crippen LogP) is 3.93. The number of fused-ring (bicyclic) bond motifs is 1. The van der Waals surface area contributed by atoms with Crippen LogP contribution in [0.5, 0.6) is 11.5 Å². The molecule has 4 rings (SSSR count). The van der Waals surface area contributed by atoms with Gasteiger partial charge in [0.2, 0.25) is 5.95 Å². The highest BCUT2D eigenvalue weighted by atomic mass is 19.1. The fraction of sp³-hybridized carbons (Fsp3) is 0.273. The first kappa shape index (κ1) is 19.1. The van der Waals surface area contributed by atoms with Crippen LogP contribution in [0.15, 0.2) is 48.7 Å². The van der Waals surface area contributed by atoms with Gasteiger partial charge in [-0.3, -0.25) is 4.90 Å². The van der Waals surface area contributed by atoms with E-state index >= 15 is 0 Å². The second-order valence-electron chi connectivity index (χ2n) is 6.94. The van der Waals surface area contributed by atoms with Crippen LogP contribution < -0.4 is 14.8 Å². The Kier molecular flexibility index (Phi) is 5.57. The zero-order valence-electron chi connectivity index (χ0n) is 16.5. The van der Waals surface area contributed by atoms with E-state index in [9.17, 15) is 4.39 Å². The molecule has 3 aromatic rings. The van der Waals surface area contributed by atoms with Crippen LogP contribution in [0.3, 0.4) is 0 Å². The van der Waals surface area contributed by atoms with Gasteiger partial charge >= 0.3 is 0 Å². The summed E-state index contributed by atoms with van der Waals surface area (Å²) in [4.78, 5) is 11.4. The molecule has 1 N–H and O–H groups in total. The summed E-state index contributed by atoms with van der Waals surface area (Å²) in [6.07, 6.45) is 2.70. The molecule has 0 unspecified atom stereocenters. The van der Waals surface area contributed by atoms with Crippen LogP contribution in [-0.4, -0.2) is 35.6 Å². The van der Waals surface area contributed by atoms with Crippen molar-refractivity contribution in [2.24, 2.45) is 0 Å². The number of rotatable bonds is 6. The maximum Gasteiger partial charge on any atom is 0.227 e. The molecule has 1 aliphatic heterocycles. The molecule has 0 bridgehead atoms. The SMILES string of the molecule is COc1ccc(OC)c(CN2CCc3nc(Nc4ccc(F)cc4)ncc3C2)c1. The maximum atomic E-state index is 13.1. The topological polar surface area (TPSA) is 59.5 Å². The third-order valence-electron chi connectivity index (χ3n) is 4.99. The zero-order valence-corrected chi connectivity index (χ0v) is 16.5. The number of nitrogens with zero attached hydrogens (tertiary/aromatic N) is 3. The highest BCUT2D eigenvalue weighted by Gasteiger charge is 2.20. The van der Waals surface area contributed by atoms with Crippen molar-refractivity contribution in [3.8, 4) is 11.5 Å². The van der Waals surface area contributed by atoms with Crippen LogP contribution in [0.1, 0.15) is 16.8 Å². The summed E-state index contributed by atoms with van der Waals surface area (Å²) in [5.74, 6) is 1.93. The highest BCUT2D eigenvalue weighted by Crippen LogP contribution is 2.27. The van der Waals surface area contributed by atoms with Crippen LogP contribution in [0.4, 0.5) is 16.0 Å². The van der Waals surface area contributed by atoms with Gasteiger partial charge in [0.1, 0.15) is 17.3 Å². The van der Waals surface area contributed by atoms with Gasteiger partial charge in [0.25, 0.3) is 0 Å². The van der Waals surface area contributed by atoms with E-state index in [0.717, 1.165) is 60.1 Å². The lowest BCUT2D eigenvalue weighted by Gasteiger charge is -2.28. The number of aromatic nitrogens is 2. The van der Waals surface area contributed by atoms with E-state index in [1.54, 1.807) is 26.4 Å². The Morgan fingerprint density at radius 1 is 1.10 bits per heavy atom. The second-order valence-corrected chi connectivity index (χ2v) is 6.94. The lowest BCUT2D eigenvalue weighted by molar-refractivity contribution is 0.239. The normalized spacial score (nSPS) is 13.6. The molecule has 29 heavy (non-hydrogen) atoms. The van der Waals surface area contributed by atoms with Crippen molar-refractivity contribution in [2.75, 3.05) is 26.1 Å². The van der Waals surface area contributed by atoms with Crippen LogP contribution in [0, 0.1) is 5.82 Å². The molecule has 1 aliphatic rings. The van der Waals surface area contributed by atoms with Gasteiger partial charge in [-0.15, -0.1) is 0 Å². The number of anilines is 2. The number of methoxy groups -OCH3 is 2. The molecular formula is C22H23FN4O2. The van der Waals surface area contributed by atoms with Crippen molar-refractivity contribution in [1.82, 2.24) is 14.9 Å². The standard InChI is InChI=1S/C22H23FN4O2/c1-28-19-7-8-21(29-2)15(11-19)13-27-10-9-20-16(14-27)12-24-22(26-20)25-18-5-3-17(23)4-6-18/h3-8,11-12H,9-10,13-14H2,1-2H3,(H,24,25,26). The molecule has 0 saturated carbocycles. The van der Waals surface area contributed by atoms with Gasteiger partial charge in [0.05, 0.1) is 19.9 Å². The summed E-state index contributed by atoms with van der Waals surface area (Å²) >= 11 is 0. The van der Waals surface area contributed by atoms with Crippen molar-refractivity contribution in [3.05, 3.63) is 71.3 Å². The van der Waals surface area contributed by atoms with Gasteiger partial charge in [-0.2, -0.15) is 0 Å². The largest absolute Gasteiger partial charge is 0.497 e. The quantitative estimate of drug-likeness (QED) is 0.684. The average Bonchev–Trinajstić information content (AvgIpc) is 2.75. The Morgan fingerprint density at radius 2 is 1.93 bits per heavy atom.